The molecule has 0 unspecified atom stereocenters. The van der Waals surface area contributed by atoms with Crippen LogP contribution in [0.15, 0.2) is 18.2 Å². The van der Waals surface area contributed by atoms with Gasteiger partial charge in [0.15, 0.2) is 0 Å². The van der Waals surface area contributed by atoms with Gasteiger partial charge >= 0.3 is 6.16 Å². The van der Waals surface area contributed by atoms with Crippen molar-refractivity contribution in [3.8, 4) is 5.75 Å². The van der Waals surface area contributed by atoms with E-state index in [1.807, 2.05) is 12.1 Å². The van der Waals surface area contributed by atoms with Gasteiger partial charge in [-0.2, -0.15) is 0 Å². The molecule has 3 heteroatoms. The molecule has 0 spiro atoms. The molecule has 0 aromatic heterocycles. The van der Waals surface area contributed by atoms with Gasteiger partial charge in [-0.15, -0.1) is 0 Å². The molecule has 0 heterocycles. The number of ether oxygens (including phenoxy) is 2. The zero-order valence-electron chi connectivity index (χ0n) is 12.9. The van der Waals surface area contributed by atoms with Crippen LogP contribution in [-0.4, -0.2) is 12.8 Å². The Labute approximate surface area is 122 Å². The maximum atomic E-state index is 11.7. The lowest BCUT2D eigenvalue weighted by Gasteiger charge is -2.12. The van der Waals surface area contributed by atoms with E-state index in [-0.39, 0.29) is 0 Å². The lowest BCUT2D eigenvalue weighted by atomic mass is 10.0. The molecule has 0 aliphatic rings. The molecule has 20 heavy (non-hydrogen) atoms. The standard InChI is InChI=1S/C17H26O3/c1-4-7-8-9-13-19-17(18)20-16-12-10-11-14(5-2)15(16)6-3/h10-12H,4-9,13H2,1-3H3. The van der Waals surface area contributed by atoms with E-state index in [0.717, 1.165) is 31.2 Å². The quantitative estimate of drug-likeness (QED) is 0.385. The predicted octanol–water partition coefficient (Wildman–Crippen LogP) is 4.91. The molecule has 0 aliphatic carbocycles. The Kier molecular flexibility index (Phi) is 7.78. The summed E-state index contributed by atoms with van der Waals surface area (Å²) in [4.78, 5) is 11.7. The Morgan fingerprint density at radius 1 is 1.05 bits per heavy atom. The molecule has 0 saturated heterocycles. The number of rotatable bonds is 8. The van der Waals surface area contributed by atoms with Crippen LogP contribution in [0.25, 0.3) is 0 Å². The minimum Gasteiger partial charge on any atom is -0.434 e. The maximum absolute atomic E-state index is 11.7. The predicted molar refractivity (Wildman–Crippen MR) is 81.3 cm³/mol. The van der Waals surface area contributed by atoms with Crippen molar-refractivity contribution in [1.29, 1.82) is 0 Å². The van der Waals surface area contributed by atoms with Crippen molar-refractivity contribution in [2.24, 2.45) is 0 Å². The Morgan fingerprint density at radius 3 is 2.50 bits per heavy atom. The van der Waals surface area contributed by atoms with Gasteiger partial charge in [0.2, 0.25) is 0 Å². The molecular weight excluding hydrogens is 252 g/mol. The van der Waals surface area contributed by atoms with Crippen molar-refractivity contribution in [2.75, 3.05) is 6.61 Å². The van der Waals surface area contributed by atoms with Gasteiger partial charge in [-0.3, -0.25) is 0 Å². The van der Waals surface area contributed by atoms with Gasteiger partial charge in [0.25, 0.3) is 0 Å². The molecule has 1 rings (SSSR count). The van der Waals surface area contributed by atoms with Crippen LogP contribution < -0.4 is 4.74 Å². The number of unbranched alkanes of at least 4 members (excludes halogenated alkanes) is 3. The smallest absolute Gasteiger partial charge is 0.434 e. The molecule has 1 aromatic rings. The number of aryl methyl sites for hydroxylation is 1. The van der Waals surface area contributed by atoms with Gasteiger partial charge in [-0.25, -0.2) is 4.79 Å². The van der Waals surface area contributed by atoms with E-state index in [1.54, 1.807) is 0 Å². The second-order valence-electron chi connectivity index (χ2n) is 4.86. The zero-order valence-corrected chi connectivity index (χ0v) is 12.9. The number of hydrogen-bond donors (Lipinski definition) is 0. The first-order valence-corrected chi connectivity index (χ1v) is 7.68. The van der Waals surface area contributed by atoms with Crippen LogP contribution in [0.3, 0.4) is 0 Å². The van der Waals surface area contributed by atoms with Gasteiger partial charge in [-0.1, -0.05) is 52.2 Å². The van der Waals surface area contributed by atoms with Gasteiger partial charge < -0.3 is 9.47 Å². The largest absolute Gasteiger partial charge is 0.513 e. The summed E-state index contributed by atoms with van der Waals surface area (Å²) in [6.07, 6.45) is 5.54. The summed E-state index contributed by atoms with van der Waals surface area (Å²) in [5.41, 5.74) is 2.32. The Morgan fingerprint density at radius 2 is 1.85 bits per heavy atom. The van der Waals surface area contributed by atoms with E-state index in [2.05, 4.69) is 26.8 Å². The van der Waals surface area contributed by atoms with Crippen LogP contribution in [0.2, 0.25) is 0 Å². The van der Waals surface area contributed by atoms with Gasteiger partial charge in [-0.05, 0) is 36.5 Å². The van der Waals surface area contributed by atoms with Crippen LogP contribution in [0.5, 0.6) is 5.75 Å². The highest BCUT2D eigenvalue weighted by atomic mass is 16.7. The molecule has 1 aromatic carbocycles. The van der Waals surface area contributed by atoms with Crippen molar-refractivity contribution in [1.82, 2.24) is 0 Å². The summed E-state index contributed by atoms with van der Waals surface area (Å²) in [5, 5.41) is 0. The molecule has 0 aliphatic heterocycles. The van der Waals surface area contributed by atoms with E-state index in [1.165, 1.54) is 18.4 Å². The first-order valence-electron chi connectivity index (χ1n) is 7.68. The Bertz CT molecular complexity index is 413. The fourth-order valence-electron chi connectivity index (χ4n) is 2.24. The number of carbonyl (C=O) groups excluding carboxylic acids is 1. The average molecular weight is 278 g/mol. The molecule has 0 amide bonds. The van der Waals surface area contributed by atoms with Crippen LogP contribution in [-0.2, 0) is 17.6 Å². The molecule has 0 bridgehead atoms. The normalized spacial score (nSPS) is 10.3. The highest BCUT2D eigenvalue weighted by molar-refractivity contribution is 5.64. The second-order valence-corrected chi connectivity index (χ2v) is 4.86. The highest BCUT2D eigenvalue weighted by Gasteiger charge is 2.11. The first kappa shape index (κ1) is 16.5. The molecule has 112 valence electrons. The van der Waals surface area contributed by atoms with Crippen LogP contribution in [0.4, 0.5) is 4.79 Å². The van der Waals surface area contributed by atoms with E-state index in [4.69, 9.17) is 9.47 Å². The minimum atomic E-state index is -0.593. The van der Waals surface area contributed by atoms with Crippen molar-refractivity contribution in [3.05, 3.63) is 29.3 Å². The van der Waals surface area contributed by atoms with E-state index in [9.17, 15) is 4.79 Å². The Hall–Kier alpha value is -1.51. The molecular formula is C17H26O3. The second kappa shape index (κ2) is 9.40. The highest BCUT2D eigenvalue weighted by Crippen LogP contribution is 2.24. The average Bonchev–Trinajstić information content (AvgIpc) is 2.46. The third kappa shape index (κ3) is 5.24. The van der Waals surface area contributed by atoms with E-state index < -0.39 is 6.16 Å². The van der Waals surface area contributed by atoms with Crippen molar-refractivity contribution in [3.63, 3.8) is 0 Å². The van der Waals surface area contributed by atoms with Crippen LogP contribution in [0, 0.1) is 0 Å². The third-order valence-corrected chi connectivity index (χ3v) is 3.38. The molecule has 0 fully saturated rings. The topological polar surface area (TPSA) is 35.5 Å². The lowest BCUT2D eigenvalue weighted by Crippen LogP contribution is -2.13. The number of hydrogen-bond acceptors (Lipinski definition) is 3. The summed E-state index contributed by atoms with van der Waals surface area (Å²) in [6, 6.07) is 5.82. The SMILES string of the molecule is CCCCCCOC(=O)Oc1cccc(CC)c1CC. The van der Waals surface area contributed by atoms with Gasteiger partial charge in [0, 0.05) is 0 Å². The summed E-state index contributed by atoms with van der Waals surface area (Å²) < 4.78 is 10.4. The fraction of sp³-hybridized carbons (Fsp3) is 0.588. The Balaban J connectivity index is 2.49. The van der Waals surface area contributed by atoms with E-state index >= 15 is 0 Å². The van der Waals surface area contributed by atoms with E-state index in [0.29, 0.717) is 12.4 Å². The van der Waals surface area contributed by atoms with Gasteiger partial charge in [0.05, 0.1) is 6.61 Å². The van der Waals surface area contributed by atoms with Crippen LogP contribution >= 0.6 is 0 Å². The monoisotopic (exact) mass is 278 g/mol. The van der Waals surface area contributed by atoms with Gasteiger partial charge in [0.1, 0.15) is 5.75 Å². The van der Waals surface area contributed by atoms with Crippen molar-refractivity contribution < 1.29 is 14.3 Å². The minimum absolute atomic E-state index is 0.438. The third-order valence-electron chi connectivity index (χ3n) is 3.38. The zero-order chi connectivity index (χ0) is 14.8. The molecule has 0 saturated carbocycles. The lowest BCUT2D eigenvalue weighted by molar-refractivity contribution is 0.0970. The summed E-state index contributed by atoms with van der Waals surface area (Å²) in [7, 11) is 0. The molecule has 0 radical (unpaired) electrons. The molecule has 0 N–H and O–H groups in total. The number of carbonyl (C=O) groups is 1. The van der Waals surface area contributed by atoms with Crippen molar-refractivity contribution in [2.45, 2.75) is 59.3 Å². The summed E-state index contributed by atoms with van der Waals surface area (Å²) >= 11 is 0. The molecule has 0 atom stereocenters. The van der Waals surface area contributed by atoms with Crippen molar-refractivity contribution >= 4 is 6.16 Å². The summed E-state index contributed by atoms with van der Waals surface area (Å²) in [5.74, 6) is 0.630. The number of benzene rings is 1. The summed E-state index contributed by atoms with van der Waals surface area (Å²) in [6.45, 7) is 6.76. The fourth-order valence-corrected chi connectivity index (χ4v) is 2.24. The first-order chi connectivity index (χ1) is 9.72. The van der Waals surface area contributed by atoms with Crippen LogP contribution in [0.1, 0.15) is 57.6 Å². The maximum Gasteiger partial charge on any atom is 0.513 e. The molecule has 3 nitrogen and oxygen atoms in total.